The Balaban J connectivity index is -0.000000844. The second kappa shape index (κ2) is 34.5. The summed E-state index contributed by atoms with van der Waals surface area (Å²) in [5.41, 5.74) is 0. The van der Waals surface area contributed by atoms with Crippen molar-refractivity contribution < 1.29 is 85.2 Å². The Hall–Kier alpha value is 4.74. The molecule has 1 aliphatic rings. The molecule has 18 nitrogen and oxygen atoms in total. The van der Waals surface area contributed by atoms with Gasteiger partial charge in [-0.1, -0.05) is 59.3 Å². The molecular formula is C24H45Na6O18P3. The molecular weight excluding hydrogens is 807 g/mol. The zero-order valence-corrected chi connectivity index (χ0v) is 46.1. The Morgan fingerprint density at radius 1 is 0.412 bits per heavy atom. The van der Waals surface area contributed by atoms with Gasteiger partial charge >= 0.3 is 41.4 Å². The van der Waals surface area contributed by atoms with Gasteiger partial charge in [0, 0.05) is 197 Å². The minimum Gasteiger partial charge on any atom is -0.455 e. The fraction of sp³-hybridized carbons (Fsp3) is 0.875. The third kappa shape index (κ3) is 30.4. The number of rotatable bonds is 21. The van der Waals surface area contributed by atoms with Crippen molar-refractivity contribution in [3.05, 3.63) is 0 Å². The maximum Gasteiger partial charge on any atom is 0.470 e. The van der Waals surface area contributed by atoms with Crippen LogP contribution in [0.2, 0.25) is 0 Å². The molecule has 0 bridgehead atoms. The van der Waals surface area contributed by atoms with Gasteiger partial charge in [-0.2, -0.15) is 0 Å². The Bertz CT molecular complexity index is 1050. The molecule has 1 rings (SSSR count). The Morgan fingerprint density at radius 3 is 0.804 bits per heavy atom. The fourth-order valence-electron chi connectivity index (χ4n) is 4.55. The summed E-state index contributed by atoms with van der Waals surface area (Å²) in [6.07, 6.45) is -10.1. The average molecular weight is 852 g/mol. The molecule has 2 unspecified atom stereocenters. The first-order chi connectivity index (χ1) is 20.8. The summed E-state index contributed by atoms with van der Waals surface area (Å²) < 4.78 is 66.5. The number of phosphoric ester groups is 3. The van der Waals surface area contributed by atoms with E-state index in [0.29, 0.717) is 44.9 Å². The number of carbonyl (C=O) groups is 3. The molecule has 0 saturated heterocycles. The molecule has 51 heavy (non-hydrogen) atoms. The van der Waals surface area contributed by atoms with Crippen LogP contribution in [0.3, 0.4) is 0 Å². The topological polar surface area (TPSA) is 279 Å². The Labute approximate surface area is 431 Å². The van der Waals surface area contributed by atoms with Crippen LogP contribution in [0, 0.1) is 0 Å². The van der Waals surface area contributed by atoms with Gasteiger partial charge in [0.15, 0.2) is 18.3 Å². The molecule has 0 aromatic carbocycles. The number of carbonyl (C=O) groups excluding carboxylic acids is 3. The van der Waals surface area contributed by atoms with Gasteiger partial charge in [-0.3, -0.25) is 28.0 Å². The summed E-state index contributed by atoms with van der Waals surface area (Å²) in [7, 11) is -17.1. The summed E-state index contributed by atoms with van der Waals surface area (Å²) in [4.78, 5) is 96.7. The predicted octanol–water partition coefficient (Wildman–Crippen LogP) is 0.625. The zero-order chi connectivity index (χ0) is 34.4. The summed E-state index contributed by atoms with van der Waals surface area (Å²) >= 11 is 0. The van der Waals surface area contributed by atoms with Crippen molar-refractivity contribution in [3.63, 3.8) is 0 Å². The van der Waals surface area contributed by atoms with Crippen LogP contribution in [-0.4, -0.2) is 261 Å². The normalized spacial score (nSPS) is 21.4. The van der Waals surface area contributed by atoms with E-state index in [1.54, 1.807) is 0 Å². The van der Waals surface area contributed by atoms with Crippen molar-refractivity contribution in [2.45, 2.75) is 134 Å². The Morgan fingerprint density at radius 2 is 0.608 bits per heavy atom. The SMILES string of the molecule is CCCCCC(=O)OC1[C@@H](OC(=O)CCCCC)[C@@H](OP(=O)(O)O)C(OP(=O)(O)O)[C@H](OP(=O)(O)O)[C@H]1OC(=O)CCCCC.[Na].[Na].[Na].[Na].[Na].[Na]. The van der Waals surface area contributed by atoms with Crippen LogP contribution >= 0.6 is 23.5 Å². The van der Waals surface area contributed by atoms with Crippen molar-refractivity contribution in [1.29, 1.82) is 0 Å². The number of ether oxygens (including phenoxy) is 3. The fourth-order valence-corrected chi connectivity index (χ4v) is 6.22. The van der Waals surface area contributed by atoms with Gasteiger partial charge in [-0.15, -0.1) is 0 Å². The van der Waals surface area contributed by atoms with Gasteiger partial charge in [0.05, 0.1) is 0 Å². The van der Waals surface area contributed by atoms with Gasteiger partial charge in [-0.05, 0) is 19.3 Å². The molecule has 0 aromatic heterocycles. The van der Waals surface area contributed by atoms with Crippen LogP contribution in [0.25, 0.3) is 0 Å². The standard InChI is InChI=1S/C24H45O18P3.6Na/c1-4-7-10-13-16(25)37-19-20(38-17(26)14-11-8-5-2)22(40-43(28,29)30)24(42-45(34,35)36)23(41-44(31,32)33)21(19)39-18(27)15-12-9-6-3;;;;;;/h19-24H,4-15H2,1-3H3,(H2,28,29,30)(H2,31,32,33)(H2,34,35,36);;;;;;/t19?,20-,21+,22-,23-,24?;;;;;;/m1....../s1. The van der Waals surface area contributed by atoms with Gasteiger partial charge < -0.3 is 43.6 Å². The van der Waals surface area contributed by atoms with Gasteiger partial charge in [0.25, 0.3) is 0 Å². The molecule has 0 aromatic rings. The van der Waals surface area contributed by atoms with Gasteiger partial charge in [0.2, 0.25) is 0 Å². The summed E-state index contributed by atoms with van der Waals surface area (Å²) in [6, 6.07) is 0. The number of unbranched alkanes of at least 4 members (excludes halogenated alkanes) is 6. The maximum atomic E-state index is 12.9. The quantitative estimate of drug-likeness (QED) is 0.0304. The van der Waals surface area contributed by atoms with Crippen LogP contribution in [0.4, 0.5) is 0 Å². The zero-order valence-electron chi connectivity index (χ0n) is 31.4. The number of hydrogen-bond acceptors (Lipinski definition) is 12. The molecule has 1 aliphatic carbocycles. The van der Waals surface area contributed by atoms with E-state index in [9.17, 15) is 57.4 Å². The van der Waals surface area contributed by atoms with Crippen LogP contribution in [0.15, 0.2) is 0 Å². The first-order valence-electron chi connectivity index (χ1n) is 14.6. The first kappa shape index (κ1) is 67.5. The second-order valence-electron chi connectivity index (χ2n) is 10.4. The van der Waals surface area contributed by atoms with E-state index in [1.165, 1.54) is 0 Å². The average Bonchev–Trinajstić information content (AvgIpc) is 2.88. The molecule has 1 saturated carbocycles. The third-order valence-electron chi connectivity index (χ3n) is 6.48. The summed E-state index contributed by atoms with van der Waals surface area (Å²) in [6.45, 7) is 5.54. The van der Waals surface area contributed by atoms with Crippen LogP contribution in [0.5, 0.6) is 0 Å². The number of hydrogen-bond donors (Lipinski definition) is 6. The number of phosphoric acid groups is 3. The summed E-state index contributed by atoms with van der Waals surface area (Å²) in [5, 5.41) is 0. The van der Waals surface area contributed by atoms with E-state index in [-0.39, 0.29) is 209 Å². The summed E-state index contributed by atoms with van der Waals surface area (Å²) in [5.74, 6) is -3.05. The third-order valence-corrected chi connectivity index (χ3v) is 8.03. The molecule has 270 valence electrons. The molecule has 0 amide bonds. The molecule has 27 heteroatoms. The van der Waals surface area contributed by atoms with Crippen molar-refractivity contribution in [2.75, 3.05) is 0 Å². The first-order valence-corrected chi connectivity index (χ1v) is 19.2. The van der Waals surface area contributed by atoms with E-state index in [0.717, 1.165) is 0 Å². The predicted molar refractivity (Wildman–Crippen MR) is 187 cm³/mol. The molecule has 1 fully saturated rings. The number of esters is 3. The monoisotopic (exact) mass is 852 g/mol. The largest absolute Gasteiger partial charge is 0.470 e. The molecule has 6 radical (unpaired) electrons. The molecule has 0 heterocycles. The van der Waals surface area contributed by atoms with E-state index >= 15 is 0 Å². The van der Waals surface area contributed by atoms with E-state index in [4.69, 9.17) is 23.3 Å². The molecule has 0 aliphatic heterocycles. The molecule has 6 N–H and O–H groups in total. The van der Waals surface area contributed by atoms with Gasteiger partial charge in [-0.25, -0.2) is 13.7 Å². The van der Waals surface area contributed by atoms with Crippen LogP contribution in [-0.2, 0) is 55.9 Å². The van der Waals surface area contributed by atoms with E-state index < -0.39 is 78.0 Å². The minimum absolute atomic E-state index is 0. The van der Waals surface area contributed by atoms with E-state index in [2.05, 4.69) is 4.52 Å². The van der Waals surface area contributed by atoms with Crippen molar-refractivity contribution >= 4 is 219 Å². The van der Waals surface area contributed by atoms with Crippen molar-refractivity contribution in [2.24, 2.45) is 0 Å². The van der Waals surface area contributed by atoms with Crippen molar-refractivity contribution in [3.8, 4) is 0 Å². The molecule has 6 atom stereocenters. The Kier molecular flexibility index (Phi) is 45.6. The van der Waals surface area contributed by atoms with Crippen LogP contribution < -0.4 is 0 Å². The molecule has 0 spiro atoms. The van der Waals surface area contributed by atoms with Gasteiger partial charge in [0.1, 0.15) is 18.3 Å². The smallest absolute Gasteiger partial charge is 0.455 e. The van der Waals surface area contributed by atoms with Crippen molar-refractivity contribution in [1.82, 2.24) is 0 Å². The van der Waals surface area contributed by atoms with E-state index in [1.807, 2.05) is 20.8 Å². The second-order valence-corrected chi connectivity index (χ2v) is 14.0. The minimum atomic E-state index is -5.73. The maximum absolute atomic E-state index is 12.9. The van der Waals surface area contributed by atoms with Crippen LogP contribution in [0.1, 0.15) is 97.8 Å².